The van der Waals surface area contributed by atoms with Crippen LogP contribution in [0.4, 0.5) is 0 Å². The Hall–Kier alpha value is -0.650. The molecule has 1 fully saturated rings. The lowest BCUT2D eigenvalue weighted by atomic mass is 10.1. The van der Waals surface area contributed by atoms with Crippen LogP contribution in [0.25, 0.3) is 0 Å². The molecule has 0 bridgehead atoms. The van der Waals surface area contributed by atoms with Gasteiger partial charge in [-0.2, -0.15) is 0 Å². The van der Waals surface area contributed by atoms with Crippen LogP contribution in [0.5, 0.6) is 0 Å². The maximum Gasteiger partial charge on any atom is 0.322 e. The molecule has 5 heteroatoms. The Labute approximate surface area is 117 Å². The monoisotopic (exact) mass is 271 g/mol. The van der Waals surface area contributed by atoms with E-state index in [1.807, 2.05) is 0 Å². The Morgan fingerprint density at radius 2 is 1.79 bits per heavy atom. The van der Waals surface area contributed by atoms with Crippen LogP contribution in [0, 0.1) is 0 Å². The predicted octanol–water partition coefficient (Wildman–Crippen LogP) is 0.554. The first-order valence-electron chi connectivity index (χ1n) is 7.35. The minimum absolute atomic E-state index is 0.152. The van der Waals surface area contributed by atoms with Crippen LogP contribution in [0.3, 0.4) is 0 Å². The molecule has 0 aromatic heterocycles. The van der Waals surface area contributed by atoms with Crippen molar-refractivity contribution in [1.29, 1.82) is 0 Å². The normalized spacial score (nSPS) is 19.6. The fourth-order valence-corrected chi connectivity index (χ4v) is 2.45. The summed E-state index contributed by atoms with van der Waals surface area (Å²) in [5, 5.41) is 3.28. The van der Waals surface area contributed by atoms with Crippen molar-refractivity contribution in [2.24, 2.45) is 0 Å². The summed E-state index contributed by atoms with van der Waals surface area (Å²) in [6.07, 6.45) is 0.816. The lowest BCUT2D eigenvalue weighted by Crippen LogP contribution is -2.49. The van der Waals surface area contributed by atoms with Gasteiger partial charge in [-0.3, -0.25) is 4.79 Å². The van der Waals surface area contributed by atoms with Crippen molar-refractivity contribution >= 4 is 5.97 Å². The number of carbonyl (C=O) groups is 1. The highest BCUT2D eigenvalue weighted by atomic mass is 16.5. The first kappa shape index (κ1) is 16.4. The number of esters is 1. The molecule has 1 atom stereocenters. The van der Waals surface area contributed by atoms with Crippen molar-refractivity contribution in [2.75, 3.05) is 46.4 Å². The highest BCUT2D eigenvalue weighted by Gasteiger charge is 2.22. The van der Waals surface area contributed by atoms with Gasteiger partial charge in [-0.05, 0) is 13.0 Å². The largest absolute Gasteiger partial charge is 0.468 e. The molecule has 1 saturated heterocycles. The molecule has 1 N–H and O–H groups in total. The SMILES string of the molecule is CCN1CCN(CCC(NC(C)C)C(=O)OC)CC1. The van der Waals surface area contributed by atoms with Crippen molar-refractivity contribution in [3.05, 3.63) is 0 Å². The van der Waals surface area contributed by atoms with E-state index in [9.17, 15) is 4.79 Å². The second-order valence-electron chi connectivity index (χ2n) is 5.46. The van der Waals surface area contributed by atoms with Crippen molar-refractivity contribution in [2.45, 2.75) is 39.3 Å². The maximum atomic E-state index is 11.7. The minimum Gasteiger partial charge on any atom is -0.468 e. The molecule has 1 rings (SSSR count). The zero-order chi connectivity index (χ0) is 14.3. The van der Waals surface area contributed by atoms with Gasteiger partial charge in [-0.15, -0.1) is 0 Å². The van der Waals surface area contributed by atoms with Gasteiger partial charge in [0.05, 0.1) is 7.11 Å². The molecule has 0 aromatic rings. The van der Waals surface area contributed by atoms with Gasteiger partial charge in [-0.1, -0.05) is 20.8 Å². The Morgan fingerprint density at radius 3 is 2.26 bits per heavy atom. The summed E-state index contributed by atoms with van der Waals surface area (Å²) in [5.41, 5.74) is 0. The third-order valence-electron chi connectivity index (χ3n) is 3.67. The lowest BCUT2D eigenvalue weighted by molar-refractivity contribution is -0.143. The van der Waals surface area contributed by atoms with Crippen LogP contribution in [0.15, 0.2) is 0 Å². The van der Waals surface area contributed by atoms with Crippen molar-refractivity contribution < 1.29 is 9.53 Å². The molecule has 112 valence electrons. The van der Waals surface area contributed by atoms with Crippen LogP contribution >= 0.6 is 0 Å². The van der Waals surface area contributed by atoms with Crippen LogP contribution in [0.1, 0.15) is 27.2 Å². The van der Waals surface area contributed by atoms with Crippen molar-refractivity contribution in [3.63, 3.8) is 0 Å². The van der Waals surface area contributed by atoms with E-state index in [0.717, 1.165) is 45.7 Å². The van der Waals surface area contributed by atoms with E-state index in [1.165, 1.54) is 7.11 Å². The van der Waals surface area contributed by atoms with Gasteiger partial charge >= 0.3 is 5.97 Å². The van der Waals surface area contributed by atoms with Crippen LogP contribution < -0.4 is 5.32 Å². The number of ether oxygens (including phenoxy) is 1. The Bertz CT molecular complexity index is 263. The maximum absolute atomic E-state index is 11.7. The number of hydrogen-bond donors (Lipinski definition) is 1. The first-order chi connectivity index (χ1) is 9.06. The molecule has 1 heterocycles. The Morgan fingerprint density at radius 1 is 1.21 bits per heavy atom. The topological polar surface area (TPSA) is 44.8 Å². The zero-order valence-corrected chi connectivity index (χ0v) is 12.8. The van der Waals surface area contributed by atoms with Gasteiger partial charge in [0.2, 0.25) is 0 Å². The van der Waals surface area contributed by atoms with Gasteiger partial charge in [0, 0.05) is 38.8 Å². The Kier molecular flexibility index (Phi) is 7.34. The summed E-state index contributed by atoms with van der Waals surface area (Å²) in [5.74, 6) is -0.152. The molecule has 1 aliphatic heterocycles. The minimum atomic E-state index is -0.186. The van der Waals surface area contributed by atoms with Gasteiger partial charge in [0.15, 0.2) is 0 Å². The smallest absolute Gasteiger partial charge is 0.322 e. The van der Waals surface area contributed by atoms with Crippen molar-refractivity contribution in [1.82, 2.24) is 15.1 Å². The highest BCUT2D eigenvalue weighted by Crippen LogP contribution is 2.05. The summed E-state index contributed by atoms with van der Waals surface area (Å²) in [4.78, 5) is 16.6. The van der Waals surface area contributed by atoms with Crippen LogP contribution in [0.2, 0.25) is 0 Å². The molecule has 0 aliphatic carbocycles. The molecule has 1 unspecified atom stereocenters. The summed E-state index contributed by atoms with van der Waals surface area (Å²) in [7, 11) is 1.46. The van der Waals surface area contributed by atoms with E-state index in [4.69, 9.17) is 4.74 Å². The third kappa shape index (κ3) is 5.89. The van der Waals surface area contributed by atoms with E-state index in [2.05, 4.69) is 35.9 Å². The number of piperazine rings is 1. The van der Waals surface area contributed by atoms with Gasteiger partial charge < -0.3 is 19.9 Å². The first-order valence-corrected chi connectivity index (χ1v) is 7.35. The average molecular weight is 271 g/mol. The summed E-state index contributed by atoms with van der Waals surface area (Å²) in [6.45, 7) is 12.9. The molecular weight excluding hydrogens is 242 g/mol. The highest BCUT2D eigenvalue weighted by molar-refractivity contribution is 5.75. The van der Waals surface area contributed by atoms with E-state index in [0.29, 0.717) is 6.04 Å². The molecule has 0 spiro atoms. The molecule has 19 heavy (non-hydrogen) atoms. The summed E-state index contributed by atoms with van der Waals surface area (Å²) in [6, 6.07) is 0.107. The molecule has 0 radical (unpaired) electrons. The van der Waals surface area contributed by atoms with Crippen molar-refractivity contribution in [3.8, 4) is 0 Å². The summed E-state index contributed by atoms with van der Waals surface area (Å²) < 4.78 is 4.86. The standard InChI is InChI=1S/C14H29N3O2/c1-5-16-8-10-17(11-9-16)7-6-13(14(18)19-4)15-12(2)3/h12-13,15H,5-11H2,1-4H3. The molecule has 0 saturated carbocycles. The van der Waals surface area contributed by atoms with E-state index >= 15 is 0 Å². The van der Waals surface area contributed by atoms with Crippen LogP contribution in [-0.2, 0) is 9.53 Å². The fourth-order valence-electron chi connectivity index (χ4n) is 2.45. The quantitative estimate of drug-likeness (QED) is 0.685. The van der Waals surface area contributed by atoms with Gasteiger partial charge in [-0.25, -0.2) is 0 Å². The van der Waals surface area contributed by atoms with Gasteiger partial charge in [0.25, 0.3) is 0 Å². The molecule has 5 nitrogen and oxygen atoms in total. The molecule has 0 aromatic carbocycles. The number of nitrogens with zero attached hydrogens (tertiary/aromatic N) is 2. The predicted molar refractivity (Wildman–Crippen MR) is 77.2 cm³/mol. The Balaban J connectivity index is 2.33. The average Bonchev–Trinajstić information content (AvgIpc) is 2.42. The number of methoxy groups -OCH3 is 1. The second kappa shape index (κ2) is 8.51. The fraction of sp³-hybridized carbons (Fsp3) is 0.929. The second-order valence-corrected chi connectivity index (χ2v) is 5.46. The number of nitrogens with one attached hydrogen (secondary N) is 1. The lowest BCUT2D eigenvalue weighted by Gasteiger charge is -2.34. The molecule has 1 aliphatic rings. The molecule has 0 amide bonds. The number of likely N-dealkylation sites (N-methyl/N-ethyl adjacent to an activating group) is 1. The number of carbonyl (C=O) groups excluding carboxylic acids is 1. The van der Waals surface area contributed by atoms with E-state index < -0.39 is 0 Å². The van der Waals surface area contributed by atoms with E-state index in [-0.39, 0.29) is 12.0 Å². The molecular formula is C14H29N3O2. The summed E-state index contributed by atoms with van der Waals surface area (Å²) >= 11 is 0. The van der Waals surface area contributed by atoms with Gasteiger partial charge in [0.1, 0.15) is 6.04 Å². The van der Waals surface area contributed by atoms with Crippen LogP contribution in [-0.4, -0.2) is 74.2 Å². The number of rotatable bonds is 7. The zero-order valence-electron chi connectivity index (χ0n) is 12.8. The third-order valence-corrected chi connectivity index (χ3v) is 3.67. The van der Waals surface area contributed by atoms with E-state index in [1.54, 1.807) is 0 Å². The number of hydrogen-bond acceptors (Lipinski definition) is 5.